The minimum Gasteiger partial charge on any atom is -0.366 e. The fourth-order valence-corrected chi connectivity index (χ4v) is 4.74. The number of hydrogen-bond acceptors (Lipinski definition) is 2. The Balaban J connectivity index is 1.81. The van der Waals surface area contributed by atoms with E-state index in [0.717, 1.165) is 32.4 Å². The van der Waals surface area contributed by atoms with E-state index in [-0.39, 0.29) is 5.60 Å². The van der Waals surface area contributed by atoms with Gasteiger partial charge in [0.25, 0.3) is 0 Å². The van der Waals surface area contributed by atoms with Crippen molar-refractivity contribution in [3.8, 4) is 0 Å². The number of hydrogen-bond donors (Lipinski definition) is 0. The van der Waals surface area contributed by atoms with Crippen molar-refractivity contribution in [1.29, 1.82) is 0 Å². The summed E-state index contributed by atoms with van der Waals surface area (Å²) in [5.74, 6) is 0. The van der Waals surface area contributed by atoms with Crippen molar-refractivity contribution in [2.45, 2.75) is 44.6 Å². The number of rotatable bonds is 5. The van der Waals surface area contributed by atoms with E-state index in [2.05, 4.69) is 60.4 Å². The summed E-state index contributed by atoms with van der Waals surface area (Å²) in [5.41, 5.74) is 5.38. The summed E-state index contributed by atoms with van der Waals surface area (Å²) in [6.45, 7) is 6.47. The van der Waals surface area contributed by atoms with E-state index in [4.69, 9.17) is 4.74 Å². The molecule has 132 valence electrons. The molecule has 1 saturated heterocycles. The number of aryl methyl sites for hydroxylation is 2. The summed E-state index contributed by atoms with van der Waals surface area (Å²) in [7, 11) is 0. The zero-order valence-corrected chi connectivity index (χ0v) is 15.3. The van der Waals surface area contributed by atoms with Crippen LogP contribution in [0.5, 0.6) is 0 Å². The van der Waals surface area contributed by atoms with E-state index in [9.17, 15) is 0 Å². The number of benzene rings is 2. The summed E-state index contributed by atoms with van der Waals surface area (Å²) in [6, 6.07) is 17.9. The van der Waals surface area contributed by atoms with Crippen LogP contribution in [0, 0.1) is 0 Å². The molecule has 1 heterocycles. The second-order valence-corrected chi connectivity index (χ2v) is 7.37. The fraction of sp³-hybridized carbons (Fsp3) is 0.478. The molecule has 0 unspecified atom stereocenters. The van der Waals surface area contributed by atoms with E-state index in [0.29, 0.717) is 0 Å². The monoisotopic (exact) mass is 335 g/mol. The van der Waals surface area contributed by atoms with E-state index in [1.165, 1.54) is 48.2 Å². The van der Waals surface area contributed by atoms with Crippen molar-refractivity contribution in [2.75, 3.05) is 26.2 Å². The molecule has 1 aliphatic heterocycles. The van der Waals surface area contributed by atoms with Crippen LogP contribution in [0.1, 0.15) is 48.4 Å². The molecule has 0 radical (unpaired) electrons. The van der Waals surface area contributed by atoms with Gasteiger partial charge in [-0.2, -0.15) is 0 Å². The van der Waals surface area contributed by atoms with Crippen LogP contribution >= 0.6 is 0 Å². The smallest absolute Gasteiger partial charge is 0.120 e. The Kier molecular flexibility index (Phi) is 4.91. The molecule has 4 rings (SSSR count). The Morgan fingerprint density at radius 2 is 1.44 bits per heavy atom. The molecule has 2 aliphatic rings. The van der Waals surface area contributed by atoms with E-state index >= 15 is 0 Å². The molecule has 2 aromatic rings. The van der Waals surface area contributed by atoms with Gasteiger partial charge in [-0.3, -0.25) is 0 Å². The van der Waals surface area contributed by atoms with Crippen molar-refractivity contribution < 1.29 is 4.74 Å². The van der Waals surface area contributed by atoms with Crippen LogP contribution < -0.4 is 0 Å². The van der Waals surface area contributed by atoms with Crippen LogP contribution in [0.3, 0.4) is 0 Å². The van der Waals surface area contributed by atoms with Crippen LogP contribution in [-0.2, 0) is 23.2 Å². The fourth-order valence-electron chi connectivity index (χ4n) is 4.74. The average molecular weight is 335 g/mol. The first kappa shape index (κ1) is 16.8. The number of nitrogens with zero attached hydrogens (tertiary/aromatic N) is 1. The Morgan fingerprint density at radius 1 is 0.880 bits per heavy atom. The lowest BCUT2D eigenvalue weighted by Crippen LogP contribution is -2.37. The summed E-state index contributed by atoms with van der Waals surface area (Å²) in [4.78, 5) is 2.61. The Morgan fingerprint density at radius 3 is 2.00 bits per heavy atom. The zero-order valence-electron chi connectivity index (χ0n) is 15.3. The van der Waals surface area contributed by atoms with E-state index in [1.54, 1.807) is 0 Å². The number of likely N-dealkylation sites (tertiary alicyclic amines) is 1. The maximum atomic E-state index is 6.64. The maximum Gasteiger partial charge on any atom is 0.120 e. The molecule has 0 aromatic heterocycles. The van der Waals surface area contributed by atoms with Crippen LogP contribution in [0.25, 0.3) is 0 Å². The standard InChI is InChI=1S/C23H29NO/c1-2-25-23(15-18-24-16-7-8-17-24)21-11-5-3-9-19(21)13-14-20-10-4-6-12-22(20)23/h3-6,9-12H,2,7-8,13-18H2,1H3. The molecule has 1 aliphatic carbocycles. The third-order valence-electron chi connectivity index (χ3n) is 5.94. The van der Waals surface area contributed by atoms with Crippen molar-refractivity contribution >= 4 is 0 Å². The highest BCUT2D eigenvalue weighted by Crippen LogP contribution is 2.43. The molecular weight excluding hydrogens is 306 g/mol. The van der Waals surface area contributed by atoms with Gasteiger partial charge in [0.15, 0.2) is 0 Å². The van der Waals surface area contributed by atoms with E-state index < -0.39 is 0 Å². The molecule has 2 heteroatoms. The predicted molar refractivity (Wildman–Crippen MR) is 103 cm³/mol. The van der Waals surface area contributed by atoms with Gasteiger partial charge in [0.05, 0.1) is 0 Å². The van der Waals surface area contributed by atoms with Gasteiger partial charge in [0, 0.05) is 13.2 Å². The molecule has 0 bridgehead atoms. The minimum atomic E-state index is -0.305. The van der Waals surface area contributed by atoms with Crippen molar-refractivity contribution in [2.24, 2.45) is 0 Å². The third kappa shape index (κ3) is 3.14. The zero-order chi connectivity index (χ0) is 17.1. The van der Waals surface area contributed by atoms with Crippen LogP contribution in [0.15, 0.2) is 48.5 Å². The highest BCUT2D eigenvalue weighted by molar-refractivity contribution is 5.48. The van der Waals surface area contributed by atoms with Gasteiger partial charge in [-0.15, -0.1) is 0 Å². The van der Waals surface area contributed by atoms with Gasteiger partial charge in [0.1, 0.15) is 5.60 Å². The predicted octanol–water partition coefficient (Wildman–Crippen LogP) is 4.55. The van der Waals surface area contributed by atoms with Crippen molar-refractivity contribution in [1.82, 2.24) is 4.90 Å². The second-order valence-electron chi connectivity index (χ2n) is 7.37. The number of ether oxygens (including phenoxy) is 1. The molecule has 2 aromatic carbocycles. The first-order chi connectivity index (χ1) is 12.3. The number of fused-ring (bicyclic) bond motifs is 2. The first-order valence-electron chi connectivity index (χ1n) is 9.86. The molecule has 25 heavy (non-hydrogen) atoms. The summed E-state index contributed by atoms with van der Waals surface area (Å²) >= 11 is 0. The summed E-state index contributed by atoms with van der Waals surface area (Å²) in [6.07, 6.45) is 5.93. The first-order valence-corrected chi connectivity index (χ1v) is 9.86. The lowest BCUT2D eigenvalue weighted by molar-refractivity contribution is -0.0231. The lowest BCUT2D eigenvalue weighted by atomic mass is 9.80. The topological polar surface area (TPSA) is 12.5 Å². The molecule has 0 N–H and O–H groups in total. The van der Waals surface area contributed by atoms with E-state index in [1.807, 2.05) is 0 Å². The lowest BCUT2D eigenvalue weighted by Gasteiger charge is -2.37. The molecule has 0 atom stereocenters. The summed E-state index contributed by atoms with van der Waals surface area (Å²) in [5, 5.41) is 0. The van der Waals surface area contributed by atoms with Gasteiger partial charge < -0.3 is 9.64 Å². The highest BCUT2D eigenvalue weighted by atomic mass is 16.5. The Bertz CT molecular complexity index is 670. The second kappa shape index (κ2) is 7.31. The molecule has 0 amide bonds. The molecular formula is C23H29NO. The average Bonchev–Trinajstić information content (AvgIpc) is 3.13. The Hall–Kier alpha value is -1.64. The third-order valence-corrected chi connectivity index (χ3v) is 5.94. The van der Waals surface area contributed by atoms with Crippen LogP contribution in [0.4, 0.5) is 0 Å². The van der Waals surface area contributed by atoms with Crippen LogP contribution in [-0.4, -0.2) is 31.1 Å². The van der Waals surface area contributed by atoms with Gasteiger partial charge >= 0.3 is 0 Å². The Labute approximate surface area is 151 Å². The molecule has 0 spiro atoms. The maximum absolute atomic E-state index is 6.64. The summed E-state index contributed by atoms with van der Waals surface area (Å²) < 4.78 is 6.64. The minimum absolute atomic E-state index is 0.305. The van der Waals surface area contributed by atoms with Crippen molar-refractivity contribution in [3.05, 3.63) is 70.8 Å². The normalized spacial score (nSPS) is 19.2. The van der Waals surface area contributed by atoms with Gasteiger partial charge in [0.2, 0.25) is 0 Å². The van der Waals surface area contributed by atoms with Gasteiger partial charge in [-0.25, -0.2) is 0 Å². The highest BCUT2D eigenvalue weighted by Gasteiger charge is 2.40. The molecule has 1 fully saturated rings. The quantitative estimate of drug-likeness (QED) is 0.795. The largest absolute Gasteiger partial charge is 0.366 e. The van der Waals surface area contributed by atoms with Gasteiger partial charge in [-0.05, 0) is 74.4 Å². The molecule has 2 nitrogen and oxygen atoms in total. The SMILES string of the molecule is CCOC1(CCN2CCCC2)c2ccccc2CCc2ccccc21. The van der Waals surface area contributed by atoms with Gasteiger partial charge in [-0.1, -0.05) is 48.5 Å². The van der Waals surface area contributed by atoms with Crippen LogP contribution in [0.2, 0.25) is 0 Å². The molecule has 0 saturated carbocycles. The van der Waals surface area contributed by atoms with Crippen molar-refractivity contribution in [3.63, 3.8) is 0 Å².